The SMILES string of the molecule is COCOC(c1ccc(C(F)(F)F)cc1)C(N)CNC1=NCC(c2ccc3c(c2)CC(=O)N3)S1. The normalized spacial score (nSPS) is 19.4. The van der Waals surface area contributed by atoms with Crippen molar-refractivity contribution in [2.75, 3.05) is 32.3 Å². The van der Waals surface area contributed by atoms with Gasteiger partial charge >= 0.3 is 6.18 Å². The molecular weight excluding hydrogens is 469 g/mol. The lowest BCUT2D eigenvalue weighted by molar-refractivity contribution is -0.137. The van der Waals surface area contributed by atoms with Crippen LogP contribution in [0.1, 0.15) is 33.6 Å². The quantitative estimate of drug-likeness (QED) is 0.485. The third-order valence-electron chi connectivity index (χ3n) is 5.59. The number of amidine groups is 1. The largest absolute Gasteiger partial charge is 0.416 e. The second kappa shape index (κ2) is 10.3. The zero-order valence-electron chi connectivity index (χ0n) is 18.4. The number of carbonyl (C=O) groups excluding carboxylic acids is 1. The van der Waals surface area contributed by atoms with E-state index in [1.807, 2.05) is 18.2 Å². The molecule has 2 aromatic carbocycles. The maximum Gasteiger partial charge on any atom is 0.416 e. The summed E-state index contributed by atoms with van der Waals surface area (Å²) in [5.41, 5.74) is 9.07. The number of amides is 1. The second-order valence-corrected chi connectivity index (χ2v) is 9.24. The number of ether oxygens (including phenoxy) is 2. The minimum absolute atomic E-state index is 0.00268. The van der Waals surface area contributed by atoms with E-state index >= 15 is 0 Å². The smallest absolute Gasteiger partial charge is 0.363 e. The summed E-state index contributed by atoms with van der Waals surface area (Å²) in [4.78, 5) is 16.1. The number of methoxy groups -OCH3 is 1. The van der Waals surface area contributed by atoms with E-state index in [0.717, 1.165) is 34.1 Å². The Morgan fingerprint density at radius 1 is 1.26 bits per heavy atom. The fourth-order valence-electron chi connectivity index (χ4n) is 3.88. The number of halogens is 3. The van der Waals surface area contributed by atoms with Gasteiger partial charge in [0.2, 0.25) is 5.91 Å². The number of rotatable bonds is 8. The summed E-state index contributed by atoms with van der Waals surface area (Å²) in [5.74, 6) is -0.00268. The van der Waals surface area contributed by atoms with E-state index in [4.69, 9.17) is 15.2 Å². The average Bonchev–Trinajstić information content (AvgIpc) is 3.42. The van der Waals surface area contributed by atoms with Crippen molar-refractivity contribution in [1.82, 2.24) is 5.32 Å². The second-order valence-electron chi connectivity index (χ2n) is 8.05. The van der Waals surface area contributed by atoms with Gasteiger partial charge in [0, 0.05) is 19.3 Å². The predicted octanol–water partition coefficient (Wildman–Crippen LogP) is 3.62. The van der Waals surface area contributed by atoms with Crippen LogP contribution in [0.3, 0.4) is 0 Å². The summed E-state index contributed by atoms with van der Waals surface area (Å²) in [6.07, 6.45) is -4.70. The number of benzene rings is 2. The molecule has 0 bridgehead atoms. The van der Waals surface area contributed by atoms with Crippen LogP contribution in [0.5, 0.6) is 0 Å². The molecule has 34 heavy (non-hydrogen) atoms. The number of nitrogens with two attached hydrogens (primary N) is 1. The fraction of sp³-hybridized carbons (Fsp3) is 0.391. The van der Waals surface area contributed by atoms with Gasteiger partial charge in [-0.15, -0.1) is 0 Å². The summed E-state index contributed by atoms with van der Waals surface area (Å²) in [6.45, 7) is 0.842. The van der Waals surface area contributed by atoms with E-state index in [2.05, 4.69) is 15.6 Å². The van der Waals surface area contributed by atoms with Crippen molar-refractivity contribution < 1.29 is 27.4 Å². The van der Waals surface area contributed by atoms with Gasteiger partial charge in [-0.05, 0) is 34.9 Å². The van der Waals surface area contributed by atoms with E-state index in [0.29, 0.717) is 25.1 Å². The van der Waals surface area contributed by atoms with Gasteiger partial charge in [0.25, 0.3) is 0 Å². The molecule has 2 aliphatic heterocycles. The van der Waals surface area contributed by atoms with Crippen molar-refractivity contribution in [3.63, 3.8) is 0 Å². The molecule has 0 aliphatic carbocycles. The van der Waals surface area contributed by atoms with Gasteiger partial charge in [0.05, 0.1) is 29.8 Å². The van der Waals surface area contributed by atoms with E-state index in [9.17, 15) is 18.0 Å². The lowest BCUT2D eigenvalue weighted by Gasteiger charge is -2.25. The van der Waals surface area contributed by atoms with E-state index in [1.165, 1.54) is 19.2 Å². The monoisotopic (exact) mass is 494 g/mol. The van der Waals surface area contributed by atoms with Crippen LogP contribution >= 0.6 is 11.8 Å². The summed E-state index contributed by atoms with van der Waals surface area (Å²) >= 11 is 1.57. The Hall–Kier alpha value is -2.60. The van der Waals surface area contributed by atoms with Crippen LogP contribution in [0.2, 0.25) is 0 Å². The van der Waals surface area contributed by atoms with Crippen LogP contribution in [0.4, 0.5) is 18.9 Å². The van der Waals surface area contributed by atoms with E-state index < -0.39 is 23.9 Å². The van der Waals surface area contributed by atoms with Crippen LogP contribution in [-0.4, -0.2) is 44.1 Å². The number of hydrogen-bond acceptors (Lipinski definition) is 7. The number of anilines is 1. The van der Waals surface area contributed by atoms with Gasteiger partial charge in [-0.1, -0.05) is 36.0 Å². The lowest BCUT2D eigenvalue weighted by Crippen LogP contribution is -2.41. The summed E-state index contributed by atoms with van der Waals surface area (Å²) < 4.78 is 49.3. The number of thioether (sulfide) groups is 1. The van der Waals surface area contributed by atoms with Crippen molar-refractivity contribution in [1.29, 1.82) is 0 Å². The summed E-state index contributed by atoms with van der Waals surface area (Å²) in [5, 5.41) is 6.90. The molecule has 3 atom stereocenters. The van der Waals surface area contributed by atoms with Gasteiger partial charge < -0.3 is 25.8 Å². The zero-order chi connectivity index (χ0) is 24.3. The molecule has 0 saturated carbocycles. The third-order valence-corrected chi connectivity index (χ3v) is 6.79. The van der Waals surface area contributed by atoms with Crippen LogP contribution < -0.4 is 16.4 Å². The number of aliphatic imine (C=N–C) groups is 1. The molecule has 0 spiro atoms. The van der Waals surface area contributed by atoms with Gasteiger partial charge in [0.15, 0.2) is 5.17 Å². The van der Waals surface area contributed by atoms with Gasteiger partial charge in [-0.3, -0.25) is 9.79 Å². The third kappa shape index (κ3) is 5.72. The maximum absolute atomic E-state index is 12.9. The van der Waals surface area contributed by atoms with Gasteiger partial charge in [0.1, 0.15) is 12.9 Å². The molecule has 4 rings (SSSR count). The van der Waals surface area contributed by atoms with Crippen LogP contribution in [0, 0.1) is 0 Å². The minimum Gasteiger partial charge on any atom is -0.363 e. The summed E-state index contributed by atoms with van der Waals surface area (Å²) in [7, 11) is 1.46. The first-order chi connectivity index (χ1) is 16.2. The highest BCUT2D eigenvalue weighted by atomic mass is 32.2. The molecule has 3 unspecified atom stereocenters. The van der Waals surface area contributed by atoms with Crippen molar-refractivity contribution >= 4 is 28.5 Å². The van der Waals surface area contributed by atoms with Crippen molar-refractivity contribution in [2.24, 2.45) is 10.7 Å². The number of nitrogens with one attached hydrogen (secondary N) is 2. The topological polar surface area (TPSA) is 98.0 Å². The zero-order valence-corrected chi connectivity index (χ0v) is 19.2. The molecule has 2 heterocycles. The highest BCUT2D eigenvalue weighted by Crippen LogP contribution is 2.37. The average molecular weight is 495 g/mol. The number of nitrogens with zero attached hydrogens (tertiary/aromatic N) is 1. The van der Waals surface area contributed by atoms with Crippen LogP contribution in [0.25, 0.3) is 0 Å². The molecule has 2 aliphatic rings. The van der Waals surface area contributed by atoms with Crippen LogP contribution in [0.15, 0.2) is 47.5 Å². The summed E-state index contributed by atoms with van der Waals surface area (Å²) in [6, 6.07) is 10.1. The molecule has 7 nitrogen and oxygen atoms in total. The highest BCUT2D eigenvalue weighted by Gasteiger charge is 2.31. The first kappa shape index (κ1) is 24.5. The van der Waals surface area contributed by atoms with Crippen LogP contribution in [-0.2, 0) is 26.9 Å². The number of carbonyl (C=O) groups is 1. The molecule has 0 radical (unpaired) electrons. The molecule has 2 aromatic rings. The van der Waals surface area contributed by atoms with E-state index in [-0.39, 0.29) is 18.0 Å². The Bertz CT molecular complexity index is 1060. The molecule has 0 fully saturated rings. The molecule has 1 amide bonds. The Morgan fingerprint density at radius 3 is 2.74 bits per heavy atom. The molecule has 0 saturated heterocycles. The van der Waals surface area contributed by atoms with Gasteiger partial charge in [-0.2, -0.15) is 13.2 Å². The Morgan fingerprint density at radius 2 is 2.03 bits per heavy atom. The van der Waals surface area contributed by atoms with Crippen molar-refractivity contribution in [3.8, 4) is 0 Å². The molecule has 11 heteroatoms. The van der Waals surface area contributed by atoms with Crippen molar-refractivity contribution in [2.45, 2.75) is 30.0 Å². The Balaban J connectivity index is 1.35. The Labute approximate surface area is 199 Å². The highest BCUT2D eigenvalue weighted by molar-refractivity contribution is 8.14. The molecular formula is C23H25F3N4O3S. The molecule has 0 aromatic heterocycles. The van der Waals surface area contributed by atoms with Gasteiger partial charge in [-0.25, -0.2) is 0 Å². The fourth-order valence-corrected chi connectivity index (χ4v) is 4.89. The number of fused-ring (bicyclic) bond motifs is 1. The first-order valence-corrected chi connectivity index (χ1v) is 11.5. The number of alkyl halides is 3. The minimum atomic E-state index is -4.41. The van der Waals surface area contributed by atoms with Crippen molar-refractivity contribution in [3.05, 3.63) is 64.7 Å². The standard InChI is InChI=1S/C23H25F3N4O3S/c1-32-12-33-21(13-2-5-16(6-3-13)23(24,25)26)17(27)10-28-22-29-11-19(34-22)14-4-7-18-15(8-14)9-20(31)30-18/h2-8,17,19,21H,9-12,27H2,1H3,(H,28,29)(H,30,31). The van der Waals surface area contributed by atoms with E-state index in [1.54, 1.807) is 11.8 Å². The Kier molecular flexibility index (Phi) is 7.46. The number of hydrogen-bond donors (Lipinski definition) is 3. The molecule has 182 valence electrons. The lowest BCUT2D eigenvalue weighted by atomic mass is 10.0. The first-order valence-electron chi connectivity index (χ1n) is 10.7. The predicted molar refractivity (Wildman–Crippen MR) is 125 cm³/mol. The maximum atomic E-state index is 12.9. The molecule has 4 N–H and O–H groups in total.